The van der Waals surface area contributed by atoms with Crippen LogP contribution in [-0.2, 0) is 0 Å². The molecule has 0 saturated heterocycles. The minimum absolute atomic E-state index is 0.121. The molecule has 7 heteroatoms. The normalized spacial score (nSPS) is 16.7. The third-order valence-electron chi connectivity index (χ3n) is 3.20. The highest BCUT2D eigenvalue weighted by atomic mass is 16.6. The Kier molecular flexibility index (Phi) is 2.90. The minimum atomic E-state index is -1.20. The maximum atomic E-state index is 11.1. The molecule has 0 amide bonds. The maximum absolute atomic E-state index is 11.1. The summed E-state index contributed by atoms with van der Waals surface area (Å²) in [6.07, 6.45) is 4.20. The van der Waals surface area contributed by atoms with Gasteiger partial charge >= 0.3 is 11.8 Å². The van der Waals surface area contributed by atoms with Crippen LogP contribution in [0.4, 0.5) is 11.5 Å². The predicted molar refractivity (Wildman–Crippen MR) is 63.7 cm³/mol. The molecule has 1 aliphatic rings. The lowest BCUT2D eigenvalue weighted by molar-refractivity contribution is -0.389. The summed E-state index contributed by atoms with van der Waals surface area (Å²) in [5.41, 5.74) is 0.0716. The summed E-state index contributed by atoms with van der Waals surface area (Å²) in [7, 11) is 0. The van der Waals surface area contributed by atoms with Crippen LogP contribution in [0.2, 0.25) is 0 Å². The number of carboxylic acid groups (broad SMARTS) is 1. The summed E-state index contributed by atoms with van der Waals surface area (Å²) >= 11 is 0. The lowest BCUT2D eigenvalue weighted by Gasteiger charge is -2.40. The zero-order valence-electron chi connectivity index (χ0n) is 9.84. The summed E-state index contributed by atoms with van der Waals surface area (Å²) in [5, 5.41) is 22.7. The summed E-state index contributed by atoms with van der Waals surface area (Å²) in [6.45, 7) is 1.99. The molecule has 1 aliphatic carbocycles. The van der Waals surface area contributed by atoms with Crippen molar-refractivity contribution < 1.29 is 14.8 Å². The average molecular weight is 251 g/mol. The topological polar surface area (TPSA) is 105 Å². The number of nitrogens with zero attached hydrogens (tertiary/aromatic N) is 2. The molecule has 96 valence electrons. The first-order valence-corrected chi connectivity index (χ1v) is 5.57. The van der Waals surface area contributed by atoms with Gasteiger partial charge in [0.2, 0.25) is 0 Å². The van der Waals surface area contributed by atoms with Crippen LogP contribution >= 0.6 is 0 Å². The third kappa shape index (κ3) is 2.24. The molecule has 2 N–H and O–H groups in total. The van der Waals surface area contributed by atoms with E-state index in [1.54, 1.807) is 0 Å². The number of carboxylic acids is 1. The van der Waals surface area contributed by atoms with Gasteiger partial charge in [0.05, 0.1) is 17.3 Å². The van der Waals surface area contributed by atoms with Crippen molar-refractivity contribution in [3.05, 3.63) is 27.9 Å². The molecule has 1 aromatic heterocycles. The van der Waals surface area contributed by atoms with E-state index >= 15 is 0 Å². The summed E-state index contributed by atoms with van der Waals surface area (Å²) in [6, 6.07) is 0.979. The summed E-state index contributed by atoms with van der Waals surface area (Å²) in [5.74, 6) is -1.66. The van der Waals surface area contributed by atoms with Gasteiger partial charge in [-0.3, -0.25) is 0 Å². The Morgan fingerprint density at radius 3 is 2.72 bits per heavy atom. The molecule has 18 heavy (non-hydrogen) atoms. The van der Waals surface area contributed by atoms with E-state index in [2.05, 4.69) is 10.3 Å². The second-order valence-corrected chi connectivity index (χ2v) is 4.69. The second kappa shape index (κ2) is 4.25. The quantitative estimate of drug-likeness (QED) is 0.626. The summed E-state index contributed by atoms with van der Waals surface area (Å²) < 4.78 is 0. The van der Waals surface area contributed by atoms with Gasteiger partial charge in [0.25, 0.3) is 0 Å². The van der Waals surface area contributed by atoms with Crippen LogP contribution in [0, 0.1) is 10.1 Å². The highest BCUT2D eigenvalue weighted by Gasteiger charge is 2.33. The highest BCUT2D eigenvalue weighted by Crippen LogP contribution is 2.35. The monoisotopic (exact) mass is 251 g/mol. The average Bonchev–Trinajstić information content (AvgIpc) is 2.26. The molecule has 2 rings (SSSR count). The molecule has 1 saturated carbocycles. The van der Waals surface area contributed by atoms with Crippen LogP contribution < -0.4 is 5.32 Å². The molecule has 0 atom stereocenters. The van der Waals surface area contributed by atoms with Gasteiger partial charge in [-0.25, -0.2) is 4.79 Å². The fraction of sp³-hybridized carbons (Fsp3) is 0.455. The van der Waals surface area contributed by atoms with Crippen molar-refractivity contribution in [3.63, 3.8) is 0 Å². The number of aromatic carboxylic acids is 1. The van der Waals surface area contributed by atoms with Gasteiger partial charge in [0.1, 0.15) is 0 Å². The SMILES string of the molecule is CC1(Nc2cnc([N+](=O)[O-])cc2C(=O)O)CCC1. The Labute approximate surface area is 103 Å². The predicted octanol–water partition coefficient (Wildman–Crippen LogP) is 2.04. The van der Waals surface area contributed by atoms with Crippen molar-refractivity contribution in [2.75, 3.05) is 5.32 Å². The first-order valence-electron chi connectivity index (χ1n) is 5.57. The zero-order chi connectivity index (χ0) is 13.3. The van der Waals surface area contributed by atoms with Crippen molar-refractivity contribution in [2.45, 2.75) is 31.7 Å². The minimum Gasteiger partial charge on any atom is -0.478 e. The molecule has 0 unspecified atom stereocenters. The van der Waals surface area contributed by atoms with Gasteiger partial charge in [-0.15, -0.1) is 0 Å². The van der Waals surface area contributed by atoms with Gasteiger partial charge in [-0.1, -0.05) is 0 Å². The standard InChI is InChI=1S/C11H13N3O4/c1-11(3-2-4-11)13-8-6-12-9(14(17)18)5-7(8)10(15)16/h5-6,13H,2-4H2,1H3,(H,15,16). The molecular formula is C11H13N3O4. The zero-order valence-corrected chi connectivity index (χ0v) is 9.84. The van der Waals surface area contributed by atoms with Gasteiger partial charge in [0.15, 0.2) is 6.20 Å². The van der Waals surface area contributed by atoms with Gasteiger partial charge in [-0.2, -0.15) is 0 Å². The fourth-order valence-electron chi connectivity index (χ4n) is 1.98. The number of aromatic nitrogens is 1. The van der Waals surface area contributed by atoms with Crippen LogP contribution in [0.5, 0.6) is 0 Å². The van der Waals surface area contributed by atoms with Crippen LogP contribution in [0.1, 0.15) is 36.5 Å². The van der Waals surface area contributed by atoms with Crippen molar-refractivity contribution in [3.8, 4) is 0 Å². The van der Waals surface area contributed by atoms with E-state index in [-0.39, 0.29) is 11.1 Å². The Balaban J connectivity index is 2.34. The lowest BCUT2D eigenvalue weighted by Crippen LogP contribution is -2.42. The number of rotatable bonds is 4. The van der Waals surface area contributed by atoms with Crippen molar-refractivity contribution in [2.24, 2.45) is 0 Å². The first kappa shape index (κ1) is 12.3. The van der Waals surface area contributed by atoms with Crippen molar-refractivity contribution in [1.29, 1.82) is 0 Å². The van der Waals surface area contributed by atoms with Crippen LogP contribution in [-0.4, -0.2) is 26.5 Å². The molecule has 1 heterocycles. The van der Waals surface area contributed by atoms with E-state index in [0.717, 1.165) is 25.3 Å². The van der Waals surface area contributed by atoms with E-state index in [1.807, 2.05) is 6.92 Å². The lowest BCUT2D eigenvalue weighted by atomic mass is 9.78. The molecule has 0 aliphatic heterocycles. The molecule has 1 aromatic rings. The number of carbonyl (C=O) groups is 1. The number of nitro groups is 1. The Morgan fingerprint density at radius 1 is 1.61 bits per heavy atom. The Morgan fingerprint density at radius 2 is 2.28 bits per heavy atom. The fourth-order valence-corrected chi connectivity index (χ4v) is 1.98. The van der Waals surface area contributed by atoms with Gasteiger partial charge in [-0.05, 0) is 36.1 Å². The Bertz CT molecular complexity index is 511. The third-order valence-corrected chi connectivity index (χ3v) is 3.20. The molecule has 0 spiro atoms. The van der Waals surface area contributed by atoms with E-state index in [0.29, 0.717) is 5.69 Å². The largest absolute Gasteiger partial charge is 0.478 e. The van der Waals surface area contributed by atoms with Crippen molar-refractivity contribution >= 4 is 17.5 Å². The highest BCUT2D eigenvalue weighted by molar-refractivity contribution is 5.94. The van der Waals surface area contributed by atoms with E-state index in [1.165, 1.54) is 6.20 Å². The Hall–Kier alpha value is -2.18. The van der Waals surface area contributed by atoms with Gasteiger partial charge in [0, 0.05) is 5.54 Å². The van der Waals surface area contributed by atoms with E-state index in [4.69, 9.17) is 5.11 Å². The summed E-state index contributed by atoms with van der Waals surface area (Å²) in [4.78, 5) is 24.6. The first-order chi connectivity index (χ1) is 8.41. The number of pyridine rings is 1. The number of nitrogens with one attached hydrogen (secondary N) is 1. The molecule has 0 bridgehead atoms. The van der Waals surface area contributed by atoms with E-state index < -0.39 is 16.7 Å². The molecular weight excluding hydrogens is 238 g/mol. The second-order valence-electron chi connectivity index (χ2n) is 4.69. The molecule has 7 nitrogen and oxygen atoms in total. The number of hydrogen-bond acceptors (Lipinski definition) is 5. The van der Waals surface area contributed by atoms with E-state index in [9.17, 15) is 14.9 Å². The maximum Gasteiger partial charge on any atom is 0.364 e. The smallest absolute Gasteiger partial charge is 0.364 e. The van der Waals surface area contributed by atoms with Crippen LogP contribution in [0.15, 0.2) is 12.3 Å². The molecule has 1 fully saturated rings. The molecule has 0 radical (unpaired) electrons. The number of anilines is 1. The van der Waals surface area contributed by atoms with Crippen molar-refractivity contribution in [1.82, 2.24) is 4.98 Å². The van der Waals surface area contributed by atoms with Crippen LogP contribution in [0.3, 0.4) is 0 Å². The number of hydrogen-bond donors (Lipinski definition) is 2. The van der Waals surface area contributed by atoms with Crippen LogP contribution in [0.25, 0.3) is 0 Å². The molecule has 0 aromatic carbocycles. The van der Waals surface area contributed by atoms with Gasteiger partial charge < -0.3 is 20.5 Å².